The van der Waals surface area contributed by atoms with E-state index in [0.717, 1.165) is 37.4 Å². The summed E-state index contributed by atoms with van der Waals surface area (Å²) in [5, 5.41) is 3.30. The molecular weight excluding hydrogens is 232 g/mol. The molecule has 0 aliphatic heterocycles. The Morgan fingerprint density at radius 3 is 2.88 bits per heavy atom. The second-order valence-electron chi connectivity index (χ2n) is 3.82. The zero-order valence-corrected chi connectivity index (χ0v) is 11.5. The number of anilines is 2. The highest BCUT2D eigenvalue weighted by atomic mass is 32.2. The first-order chi connectivity index (χ1) is 8.26. The fourth-order valence-electron chi connectivity index (χ4n) is 1.48. The van der Waals surface area contributed by atoms with E-state index in [9.17, 15) is 0 Å². The standard InChI is InChI=1S/C12H22N4S/c1-3-6-11-15-10(13)9-12(16-11)14-7-5-8-17-4-2/h9H,3-8H2,1-2H3,(H3,13,14,15,16). The largest absolute Gasteiger partial charge is 0.384 e. The van der Waals surface area contributed by atoms with Gasteiger partial charge in [0.15, 0.2) is 0 Å². The molecule has 96 valence electrons. The van der Waals surface area contributed by atoms with E-state index in [1.165, 1.54) is 11.5 Å². The molecule has 1 aromatic rings. The van der Waals surface area contributed by atoms with Crippen molar-refractivity contribution in [1.29, 1.82) is 0 Å². The summed E-state index contributed by atoms with van der Waals surface area (Å²) in [6.45, 7) is 5.23. The summed E-state index contributed by atoms with van der Waals surface area (Å²) in [5.41, 5.74) is 5.75. The van der Waals surface area contributed by atoms with Crippen LogP contribution in [0.3, 0.4) is 0 Å². The number of hydrogen-bond acceptors (Lipinski definition) is 5. The number of nitrogens with two attached hydrogens (primary N) is 1. The smallest absolute Gasteiger partial charge is 0.133 e. The minimum absolute atomic E-state index is 0.550. The van der Waals surface area contributed by atoms with Gasteiger partial charge >= 0.3 is 0 Å². The molecule has 17 heavy (non-hydrogen) atoms. The maximum atomic E-state index is 5.75. The van der Waals surface area contributed by atoms with Crippen LogP contribution in [0.1, 0.15) is 32.5 Å². The molecule has 4 nitrogen and oxygen atoms in total. The predicted octanol–water partition coefficient (Wildman–Crippen LogP) is 2.57. The van der Waals surface area contributed by atoms with Crippen LogP contribution in [0.4, 0.5) is 11.6 Å². The summed E-state index contributed by atoms with van der Waals surface area (Å²) >= 11 is 1.96. The minimum Gasteiger partial charge on any atom is -0.384 e. The highest BCUT2D eigenvalue weighted by molar-refractivity contribution is 7.99. The molecule has 0 saturated heterocycles. The summed E-state index contributed by atoms with van der Waals surface area (Å²) in [6, 6.07) is 1.80. The highest BCUT2D eigenvalue weighted by Gasteiger charge is 2.01. The van der Waals surface area contributed by atoms with Crippen LogP contribution in [0.2, 0.25) is 0 Å². The van der Waals surface area contributed by atoms with Crippen molar-refractivity contribution in [2.45, 2.75) is 33.1 Å². The van der Waals surface area contributed by atoms with Crippen molar-refractivity contribution in [3.63, 3.8) is 0 Å². The van der Waals surface area contributed by atoms with E-state index in [1.54, 1.807) is 6.07 Å². The van der Waals surface area contributed by atoms with Gasteiger partial charge < -0.3 is 11.1 Å². The first-order valence-electron chi connectivity index (χ1n) is 6.21. The molecular formula is C12H22N4S. The van der Waals surface area contributed by atoms with E-state index in [-0.39, 0.29) is 0 Å². The molecule has 0 bridgehead atoms. The van der Waals surface area contributed by atoms with Gasteiger partial charge in [-0.15, -0.1) is 0 Å². The average Bonchev–Trinajstić information content (AvgIpc) is 2.28. The van der Waals surface area contributed by atoms with Gasteiger partial charge in [-0.25, -0.2) is 9.97 Å². The van der Waals surface area contributed by atoms with Crippen LogP contribution in [-0.4, -0.2) is 28.0 Å². The van der Waals surface area contributed by atoms with Crippen molar-refractivity contribution in [1.82, 2.24) is 9.97 Å². The van der Waals surface area contributed by atoms with Gasteiger partial charge in [-0.05, 0) is 24.3 Å². The van der Waals surface area contributed by atoms with Crippen LogP contribution in [0, 0.1) is 0 Å². The molecule has 5 heteroatoms. The zero-order valence-electron chi connectivity index (χ0n) is 10.7. The SMILES string of the molecule is CCCc1nc(N)cc(NCCCSCC)n1. The molecule has 0 spiro atoms. The Bertz CT molecular complexity index is 330. The van der Waals surface area contributed by atoms with Gasteiger partial charge in [-0.1, -0.05) is 13.8 Å². The fourth-order valence-corrected chi connectivity index (χ4v) is 2.12. The lowest BCUT2D eigenvalue weighted by Crippen LogP contribution is -2.08. The quantitative estimate of drug-likeness (QED) is 0.698. The molecule has 0 aliphatic rings. The lowest BCUT2D eigenvalue weighted by Gasteiger charge is -2.07. The fraction of sp³-hybridized carbons (Fsp3) is 0.667. The number of nitrogen functional groups attached to an aromatic ring is 1. The minimum atomic E-state index is 0.550. The van der Waals surface area contributed by atoms with Crippen molar-refractivity contribution in [2.75, 3.05) is 29.1 Å². The molecule has 0 atom stereocenters. The lowest BCUT2D eigenvalue weighted by molar-refractivity contribution is 0.835. The lowest BCUT2D eigenvalue weighted by atomic mass is 10.3. The Hall–Kier alpha value is -0.970. The topological polar surface area (TPSA) is 63.8 Å². The van der Waals surface area contributed by atoms with Crippen LogP contribution >= 0.6 is 11.8 Å². The molecule has 1 aromatic heterocycles. The van der Waals surface area contributed by atoms with Gasteiger partial charge in [0, 0.05) is 19.0 Å². The molecule has 1 rings (SSSR count). The number of nitrogens with zero attached hydrogens (tertiary/aromatic N) is 2. The number of hydrogen-bond donors (Lipinski definition) is 2. The summed E-state index contributed by atoms with van der Waals surface area (Å²) < 4.78 is 0. The van der Waals surface area contributed by atoms with Crippen LogP contribution in [0.15, 0.2) is 6.07 Å². The first-order valence-corrected chi connectivity index (χ1v) is 7.36. The third kappa shape index (κ3) is 5.77. The molecule has 0 aromatic carbocycles. The van der Waals surface area contributed by atoms with E-state index >= 15 is 0 Å². The number of rotatable bonds is 8. The van der Waals surface area contributed by atoms with E-state index in [2.05, 4.69) is 29.1 Å². The Morgan fingerprint density at radius 1 is 1.35 bits per heavy atom. The normalized spacial score (nSPS) is 10.5. The number of thioether (sulfide) groups is 1. The molecule has 0 fully saturated rings. The van der Waals surface area contributed by atoms with E-state index in [4.69, 9.17) is 5.73 Å². The van der Waals surface area contributed by atoms with Crippen LogP contribution in [-0.2, 0) is 6.42 Å². The maximum absolute atomic E-state index is 5.75. The van der Waals surface area contributed by atoms with Gasteiger partial charge in [0.2, 0.25) is 0 Å². The second-order valence-corrected chi connectivity index (χ2v) is 5.22. The number of aromatic nitrogens is 2. The van der Waals surface area contributed by atoms with E-state index in [1.807, 2.05) is 11.8 Å². The Balaban J connectivity index is 2.41. The van der Waals surface area contributed by atoms with Crippen LogP contribution in [0.25, 0.3) is 0 Å². The van der Waals surface area contributed by atoms with Crippen molar-refractivity contribution < 1.29 is 0 Å². The summed E-state index contributed by atoms with van der Waals surface area (Å²) in [4.78, 5) is 8.64. The summed E-state index contributed by atoms with van der Waals surface area (Å²) in [6.07, 6.45) is 3.06. The third-order valence-electron chi connectivity index (χ3n) is 2.24. The Morgan fingerprint density at radius 2 is 2.18 bits per heavy atom. The zero-order chi connectivity index (χ0) is 12.5. The first kappa shape index (κ1) is 14.1. The van der Waals surface area contributed by atoms with Gasteiger partial charge in [-0.2, -0.15) is 11.8 Å². The molecule has 1 heterocycles. The second kappa shape index (κ2) is 8.17. The van der Waals surface area contributed by atoms with Gasteiger partial charge in [0.1, 0.15) is 17.5 Å². The third-order valence-corrected chi connectivity index (χ3v) is 3.23. The molecule has 0 amide bonds. The van der Waals surface area contributed by atoms with Crippen molar-refractivity contribution >= 4 is 23.4 Å². The average molecular weight is 254 g/mol. The predicted molar refractivity (Wildman–Crippen MR) is 76.5 cm³/mol. The number of aryl methyl sites for hydroxylation is 1. The van der Waals surface area contributed by atoms with Crippen molar-refractivity contribution in [3.8, 4) is 0 Å². The van der Waals surface area contributed by atoms with Gasteiger partial charge in [-0.3, -0.25) is 0 Å². The van der Waals surface area contributed by atoms with Crippen LogP contribution < -0.4 is 11.1 Å². The molecule has 0 radical (unpaired) electrons. The van der Waals surface area contributed by atoms with E-state index in [0.29, 0.717) is 5.82 Å². The van der Waals surface area contributed by atoms with Crippen molar-refractivity contribution in [2.24, 2.45) is 0 Å². The molecule has 0 unspecified atom stereocenters. The molecule has 0 aliphatic carbocycles. The molecule has 0 saturated carbocycles. The Labute approximate surface area is 108 Å². The van der Waals surface area contributed by atoms with Gasteiger partial charge in [0.05, 0.1) is 0 Å². The summed E-state index contributed by atoms with van der Waals surface area (Å²) in [7, 11) is 0. The molecule has 3 N–H and O–H groups in total. The summed E-state index contributed by atoms with van der Waals surface area (Å²) in [5.74, 6) is 4.60. The Kier molecular flexibility index (Phi) is 6.77. The number of nitrogens with one attached hydrogen (secondary N) is 1. The van der Waals surface area contributed by atoms with Crippen molar-refractivity contribution in [3.05, 3.63) is 11.9 Å². The monoisotopic (exact) mass is 254 g/mol. The highest BCUT2D eigenvalue weighted by Crippen LogP contribution is 2.10. The van der Waals surface area contributed by atoms with Gasteiger partial charge in [0.25, 0.3) is 0 Å². The maximum Gasteiger partial charge on any atom is 0.133 e. The van der Waals surface area contributed by atoms with E-state index < -0.39 is 0 Å². The van der Waals surface area contributed by atoms with Crippen LogP contribution in [0.5, 0.6) is 0 Å².